The minimum absolute atomic E-state index is 0.0705. The monoisotopic (exact) mass is 466 g/mol. The van der Waals surface area contributed by atoms with E-state index in [4.69, 9.17) is 0 Å². The van der Waals surface area contributed by atoms with E-state index in [0.29, 0.717) is 18.5 Å². The highest BCUT2D eigenvalue weighted by Crippen LogP contribution is 2.42. The summed E-state index contributed by atoms with van der Waals surface area (Å²) in [6.07, 6.45) is 5.84. The van der Waals surface area contributed by atoms with Crippen LogP contribution >= 0.6 is 0 Å². The number of aliphatic hydroxyl groups excluding tert-OH is 1. The topological polar surface area (TPSA) is 80.5 Å². The average molecular weight is 467 g/mol. The van der Waals surface area contributed by atoms with E-state index < -0.39 is 0 Å². The summed E-state index contributed by atoms with van der Waals surface area (Å²) in [5.74, 6) is 0.310. The molecule has 0 unspecified atom stereocenters. The fourth-order valence-electron chi connectivity index (χ4n) is 5.62. The van der Waals surface area contributed by atoms with Gasteiger partial charge in [-0.25, -0.2) is 0 Å². The van der Waals surface area contributed by atoms with Crippen LogP contribution in [-0.4, -0.2) is 64.1 Å². The molecule has 1 amide bonds. The SMILES string of the molecule is N#Cc1cccc(-c2ccc([C@@H]3[C@H]4CN(C(=O)Cc5cccnc5)CCCCN4[C@H]3CO)cc2)c1. The number of nitrogens with zero attached hydrogens (tertiary/aromatic N) is 4. The Morgan fingerprint density at radius 3 is 2.63 bits per heavy atom. The Morgan fingerprint density at radius 1 is 1.06 bits per heavy atom. The molecule has 5 rings (SSSR count). The number of fused-ring (bicyclic) bond motifs is 1. The van der Waals surface area contributed by atoms with Crippen molar-refractivity contribution in [1.82, 2.24) is 14.8 Å². The number of pyridine rings is 1. The van der Waals surface area contributed by atoms with Crippen molar-refractivity contribution in [3.63, 3.8) is 0 Å². The zero-order chi connectivity index (χ0) is 24.2. The van der Waals surface area contributed by atoms with Crippen LogP contribution in [0.2, 0.25) is 0 Å². The van der Waals surface area contributed by atoms with Crippen LogP contribution in [0.15, 0.2) is 73.1 Å². The first-order valence-corrected chi connectivity index (χ1v) is 12.3. The van der Waals surface area contributed by atoms with Crippen molar-refractivity contribution >= 4 is 5.91 Å². The number of hydrogen-bond donors (Lipinski definition) is 1. The number of aliphatic hydroxyl groups is 1. The molecule has 0 radical (unpaired) electrons. The maximum Gasteiger partial charge on any atom is 0.227 e. The van der Waals surface area contributed by atoms with Gasteiger partial charge in [-0.15, -0.1) is 0 Å². The summed E-state index contributed by atoms with van der Waals surface area (Å²) in [6.45, 7) is 2.51. The Morgan fingerprint density at radius 2 is 1.89 bits per heavy atom. The van der Waals surface area contributed by atoms with Crippen molar-refractivity contribution in [1.29, 1.82) is 5.26 Å². The van der Waals surface area contributed by atoms with Gasteiger partial charge in [-0.05, 0) is 59.8 Å². The summed E-state index contributed by atoms with van der Waals surface area (Å²) in [6, 6.07) is 22.4. The fraction of sp³-hybridized carbons (Fsp3) is 0.345. The molecule has 1 aromatic heterocycles. The molecule has 6 nitrogen and oxygen atoms in total. The molecule has 0 spiro atoms. The van der Waals surface area contributed by atoms with Crippen LogP contribution in [0, 0.1) is 11.3 Å². The summed E-state index contributed by atoms with van der Waals surface area (Å²) in [7, 11) is 0. The van der Waals surface area contributed by atoms with Gasteiger partial charge >= 0.3 is 0 Å². The molecule has 2 saturated heterocycles. The van der Waals surface area contributed by atoms with E-state index in [1.807, 2.05) is 41.3 Å². The van der Waals surface area contributed by atoms with Crippen LogP contribution in [-0.2, 0) is 11.2 Å². The lowest BCUT2D eigenvalue weighted by Gasteiger charge is -2.57. The molecule has 0 bridgehead atoms. The number of carbonyl (C=O) groups is 1. The average Bonchev–Trinajstić information content (AvgIpc) is 2.88. The molecule has 2 aliphatic rings. The number of nitriles is 1. The third-order valence-corrected chi connectivity index (χ3v) is 7.42. The molecule has 6 heteroatoms. The number of aromatic nitrogens is 1. The highest BCUT2D eigenvalue weighted by atomic mass is 16.3. The Balaban J connectivity index is 1.35. The molecular weight excluding hydrogens is 436 g/mol. The van der Waals surface area contributed by atoms with Crippen LogP contribution < -0.4 is 0 Å². The van der Waals surface area contributed by atoms with Crippen LogP contribution in [0.1, 0.15) is 35.4 Å². The van der Waals surface area contributed by atoms with Crippen LogP contribution in [0.4, 0.5) is 0 Å². The molecule has 1 N–H and O–H groups in total. The van der Waals surface area contributed by atoms with Gasteiger partial charge in [0.05, 0.1) is 24.7 Å². The van der Waals surface area contributed by atoms with Crippen LogP contribution in [0.5, 0.6) is 0 Å². The number of carbonyl (C=O) groups excluding carboxylic acids is 1. The second kappa shape index (κ2) is 10.4. The lowest BCUT2D eigenvalue weighted by atomic mass is 9.74. The first-order valence-electron chi connectivity index (χ1n) is 12.3. The lowest BCUT2D eigenvalue weighted by Crippen LogP contribution is -2.68. The largest absolute Gasteiger partial charge is 0.395 e. The second-order valence-electron chi connectivity index (χ2n) is 9.48. The number of benzene rings is 2. The van der Waals surface area contributed by atoms with Gasteiger partial charge in [0.1, 0.15) is 0 Å². The summed E-state index contributed by atoms with van der Waals surface area (Å²) in [4.78, 5) is 21.7. The summed E-state index contributed by atoms with van der Waals surface area (Å²) >= 11 is 0. The van der Waals surface area contributed by atoms with E-state index in [9.17, 15) is 15.2 Å². The molecular formula is C29H30N4O2. The van der Waals surface area contributed by atoms with Gasteiger partial charge in [-0.2, -0.15) is 5.26 Å². The predicted molar refractivity (Wildman–Crippen MR) is 134 cm³/mol. The van der Waals surface area contributed by atoms with Gasteiger partial charge in [0.25, 0.3) is 0 Å². The zero-order valence-corrected chi connectivity index (χ0v) is 19.8. The number of rotatable bonds is 5. The highest BCUT2D eigenvalue weighted by Gasteiger charge is 2.49. The number of amides is 1. The van der Waals surface area contributed by atoms with Gasteiger partial charge in [0.2, 0.25) is 5.91 Å². The molecule has 178 valence electrons. The van der Waals surface area contributed by atoms with E-state index in [1.165, 1.54) is 5.56 Å². The molecule has 2 aromatic carbocycles. The number of hydrogen-bond acceptors (Lipinski definition) is 5. The first kappa shape index (κ1) is 23.2. The van der Waals surface area contributed by atoms with E-state index >= 15 is 0 Å². The predicted octanol–water partition coefficient (Wildman–Crippen LogP) is 3.61. The van der Waals surface area contributed by atoms with Crippen molar-refractivity contribution in [2.24, 2.45) is 0 Å². The normalized spacial score (nSPS) is 22.3. The highest BCUT2D eigenvalue weighted by molar-refractivity contribution is 5.78. The molecule has 3 heterocycles. The lowest BCUT2D eigenvalue weighted by molar-refractivity contribution is -0.135. The Labute approximate surface area is 206 Å². The standard InChI is InChI=1S/C29H30N4O2/c30-17-21-5-3-7-25(15-21)23-8-10-24(11-9-23)29-26-19-32(13-1-2-14-33(26)27(29)20-34)28(35)16-22-6-4-12-31-18-22/h3-12,15,18,26-27,29,34H,1-2,13-14,16,19-20H2/t26-,27+,29-/m1/s1. The molecule has 3 atom stereocenters. The molecule has 2 aliphatic heterocycles. The molecule has 0 saturated carbocycles. The van der Waals surface area contributed by atoms with Gasteiger partial charge in [0, 0.05) is 43.5 Å². The van der Waals surface area contributed by atoms with Crippen molar-refractivity contribution in [3.8, 4) is 17.2 Å². The quantitative estimate of drug-likeness (QED) is 0.621. The van der Waals surface area contributed by atoms with Crippen molar-refractivity contribution < 1.29 is 9.90 Å². The molecule has 2 fully saturated rings. The maximum atomic E-state index is 13.2. The molecule has 35 heavy (non-hydrogen) atoms. The van der Waals surface area contributed by atoms with Crippen molar-refractivity contribution in [2.75, 3.05) is 26.2 Å². The minimum Gasteiger partial charge on any atom is -0.395 e. The van der Waals surface area contributed by atoms with Crippen molar-refractivity contribution in [2.45, 2.75) is 37.3 Å². The Bertz CT molecular complexity index is 1210. The maximum absolute atomic E-state index is 13.2. The van der Waals surface area contributed by atoms with Gasteiger partial charge < -0.3 is 10.0 Å². The minimum atomic E-state index is 0.0705. The third-order valence-electron chi connectivity index (χ3n) is 7.42. The molecule has 0 aliphatic carbocycles. The van der Waals surface area contributed by atoms with Gasteiger partial charge in [-0.1, -0.05) is 42.5 Å². The zero-order valence-electron chi connectivity index (χ0n) is 19.8. The summed E-state index contributed by atoms with van der Waals surface area (Å²) in [5, 5.41) is 19.4. The summed E-state index contributed by atoms with van der Waals surface area (Å²) in [5.41, 5.74) is 4.85. The second-order valence-corrected chi connectivity index (χ2v) is 9.48. The van der Waals surface area contributed by atoms with E-state index in [1.54, 1.807) is 12.4 Å². The van der Waals surface area contributed by atoms with E-state index in [0.717, 1.165) is 42.6 Å². The molecule has 3 aromatic rings. The third kappa shape index (κ3) is 4.84. The van der Waals surface area contributed by atoms with Gasteiger partial charge in [-0.3, -0.25) is 14.7 Å². The van der Waals surface area contributed by atoms with Crippen molar-refractivity contribution in [3.05, 3.63) is 89.7 Å². The van der Waals surface area contributed by atoms with Crippen LogP contribution in [0.25, 0.3) is 11.1 Å². The fourth-order valence-corrected chi connectivity index (χ4v) is 5.62. The Kier molecular flexibility index (Phi) is 6.89. The first-order chi connectivity index (χ1) is 17.2. The smallest absolute Gasteiger partial charge is 0.227 e. The Hall–Kier alpha value is -3.53. The van der Waals surface area contributed by atoms with E-state index in [-0.39, 0.29) is 30.5 Å². The summed E-state index contributed by atoms with van der Waals surface area (Å²) < 4.78 is 0. The van der Waals surface area contributed by atoms with Gasteiger partial charge in [0.15, 0.2) is 0 Å². The van der Waals surface area contributed by atoms with Crippen LogP contribution in [0.3, 0.4) is 0 Å². The van der Waals surface area contributed by atoms with E-state index in [2.05, 4.69) is 40.2 Å².